The maximum atomic E-state index is 12.2. The van der Waals surface area contributed by atoms with Crippen molar-refractivity contribution in [2.45, 2.75) is 19.4 Å². The van der Waals surface area contributed by atoms with E-state index >= 15 is 0 Å². The van der Waals surface area contributed by atoms with E-state index in [-0.39, 0.29) is 5.92 Å². The number of aliphatic carboxylic acids is 1. The molecule has 1 N–H and O–H groups in total. The van der Waals surface area contributed by atoms with E-state index in [1.54, 1.807) is 31.0 Å². The number of hydrogen-bond acceptors (Lipinski definition) is 6. The second-order valence-electron chi connectivity index (χ2n) is 7.06. The van der Waals surface area contributed by atoms with Crippen molar-refractivity contribution in [1.82, 2.24) is 14.9 Å². The molecule has 2 aromatic heterocycles. The molecule has 0 aromatic carbocycles. The van der Waals surface area contributed by atoms with Gasteiger partial charge in [0.05, 0.1) is 17.9 Å². The minimum Gasteiger partial charge on any atom is -0.481 e. The molecule has 0 spiro atoms. The van der Waals surface area contributed by atoms with E-state index in [4.69, 9.17) is 4.42 Å². The van der Waals surface area contributed by atoms with Crippen molar-refractivity contribution >= 4 is 11.9 Å². The molecule has 4 heterocycles. The van der Waals surface area contributed by atoms with Crippen LogP contribution in [0.2, 0.25) is 0 Å². The smallest absolute Gasteiger partial charge is 0.311 e. The summed E-state index contributed by atoms with van der Waals surface area (Å²) < 4.78 is 5.16. The van der Waals surface area contributed by atoms with Crippen molar-refractivity contribution in [2.75, 3.05) is 31.1 Å². The monoisotopic (exact) mass is 342 g/mol. The molecule has 132 valence electrons. The molecule has 0 aliphatic carbocycles. The molecule has 7 heteroatoms. The van der Waals surface area contributed by atoms with E-state index in [1.165, 1.54) is 0 Å². The van der Waals surface area contributed by atoms with Crippen molar-refractivity contribution in [3.8, 4) is 0 Å². The number of fused-ring (bicyclic) bond motifs is 1. The molecule has 2 aliphatic heterocycles. The zero-order valence-electron chi connectivity index (χ0n) is 14.0. The van der Waals surface area contributed by atoms with Crippen LogP contribution in [0.3, 0.4) is 0 Å². The Balaban J connectivity index is 1.56. The third-order valence-corrected chi connectivity index (χ3v) is 5.52. The Kier molecular flexibility index (Phi) is 4.17. The van der Waals surface area contributed by atoms with Crippen LogP contribution < -0.4 is 4.90 Å². The zero-order chi connectivity index (χ0) is 17.3. The first-order chi connectivity index (χ1) is 12.2. The summed E-state index contributed by atoms with van der Waals surface area (Å²) in [6.07, 6.45) is 8.42. The Hall–Kier alpha value is -2.41. The van der Waals surface area contributed by atoms with Crippen LogP contribution in [0.1, 0.15) is 18.4 Å². The highest BCUT2D eigenvalue weighted by Crippen LogP contribution is 2.43. The first-order valence-corrected chi connectivity index (χ1v) is 8.66. The van der Waals surface area contributed by atoms with Crippen LogP contribution >= 0.6 is 0 Å². The highest BCUT2D eigenvalue weighted by Gasteiger charge is 2.53. The molecule has 4 rings (SSSR count). The molecular formula is C18H22N4O3. The quantitative estimate of drug-likeness (QED) is 0.908. The summed E-state index contributed by atoms with van der Waals surface area (Å²) in [6, 6.07) is 3.74. The van der Waals surface area contributed by atoms with Gasteiger partial charge in [-0.15, -0.1) is 0 Å². The number of carboxylic acid groups (broad SMARTS) is 1. The lowest BCUT2D eigenvalue weighted by Gasteiger charge is -2.29. The van der Waals surface area contributed by atoms with E-state index in [0.29, 0.717) is 25.5 Å². The van der Waals surface area contributed by atoms with Crippen LogP contribution in [0, 0.1) is 11.3 Å². The van der Waals surface area contributed by atoms with Crippen molar-refractivity contribution in [3.63, 3.8) is 0 Å². The minimum absolute atomic E-state index is 0.0585. The van der Waals surface area contributed by atoms with Crippen molar-refractivity contribution in [3.05, 3.63) is 42.6 Å². The average molecular weight is 342 g/mol. The van der Waals surface area contributed by atoms with Gasteiger partial charge in [-0.05, 0) is 31.5 Å². The number of carbonyl (C=O) groups is 1. The first kappa shape index (κ1) is 16.1. The van der Waals surface area contributed by atoms with Gasteiger partial charge < -0.3 is 14.4 Å². The second kappa shape index (κ2) is 6.48. The SMILES string of the molecule is O=C(O)[C@]12CCCN(Cc3ccoc3)C[C@H]1CN(c1ncccn1)C2. The van der Waals surface area contributed by atoms with Gasteiger partial charge in [-0.3, -0.25) is 9.69 Å². The van der Waals surface area contributed by atoms with Crippen molar-refractivity contribution in [1.29, 1.82) is 0 Å². The number of aromatic nitrogens is 2. The van der Waals surface area contributed by atoms with Gasteiger partial charge in [0.2, 0.25) is 5.95 Å². The summed E-state index contributed by atoms with van der Waals surface area (Å²) in [7, 11) is 0. The van der Waals surface area contributed by atoms with Gasteiger partial charge in [0.15, 0.2) is 0 Å². The number of likely N-dealkylation sites (tertiary alicyclic amines) is 1. The fraction of sp³-hybridized carbons (Fsp3) is 0.500. The maximum absolute atomic E-state index is 12.2. The van der Waals surface area contributed by atoms with E-state index < -0.39 is 11.4 Å². The number of carboxylic acids is 1. The van der Waals surface area contributed by atoms with Gasteiger partial charge in [0.25, 0.3) is 0 Å². The van der Waals surface area contributed by atoms with E-state index in [9.17, 15) is 9.90 Å². The number of hydrogen-bond donors (Lipinski definition) is 1. The van der Waals surface area contributed by atoms with Crippen LogP contribution in [-0.2, 0) is 11.3 Å². The fourth-order valence-corrected chi connectivity index (χ4v) is 4.25. The van der Waals surface area contributed by atoms with E-state index in [0.717, 1.165) is 31.6 Å². The molecule has 2 aliphatic rings. The number of anilines is 1. The van der Waals surface area contributed by atoms with Gasteiger partial charge >= 0.3 is 5.97 Å². The van der Waals surface area contributed by atoms with Gasteiger partial charge in [-0.2, -0.15) is 0 Å². The second-order valence-corrected chi connectivity index (χ2v) is 7.06. The van der Waals surface area contributed by atoms with Crippen LogP contribution in [-0.4, -0.2) is 52.1 Å². The summed E-state index contributed by atoms with van der Waals surface area (Å²) in [5.41, 5.74) is 0.411. The molecule has 2 aromatic rings. The van der Waals surface area contributed by atoms with Gasteiger partial charge in [0.1, 0.15) is 0 Å². The molecule has 25 heavy (non-hydrogen) atoms. The predicted molar refractivity (Wildman–Crippen MR) is 91.0 cm³/mol. The molecule has 0 radical (unpaired) electrons. The number of nitrogens with zero attached hydrogens (tertiary/aromatic N) is 4. The Labute approximate surface area is 146 Å². The predicted octanol–water partition coefficient (Wildman–Crippen LogP) is 1.87. The first-order valence-electron chi connectivity index (χ1n) is 8.66. The Bertz CT molecular complexity index is 721. The number of rotatable bonds is 4. The lowest BCUT2D eigenvalue weighted by atomic mass is 9.75. The highest BCUT2D eigenvalue weighted by molar-refractivity contribution is 5.77. The molecular weight excluding hydrogens is 320 g/mol. The maximum Gasteiger partial charge on any atom is 0.311 e. The molecule has 2 fully saturated rings. The third-order valence-electron chi connectivity index (χ3n) is 5.52. The summed E-state index contributed by atoms with van der Waals surface area (Å²) in [4.78, 5) is 25.2. The van der Waals surface area contributed by atoms with Gasteiger partial charge in [-0.25, -0.2) is 9.97 Å². The minimum atomic E-state index is -0.718. The van der Waals surface area contributed by atoms with E-state index in [1.807, 2.05) is 11.0 Å². The Morgan fingerprint density at radius 3 is 2.92 bits per heavy atom. The standard InChI is InChI=1S/C18H22N4O3/c23-16(24)18-4-1-7-21(9-14-3-8-25-12-14)10-15(18)11-22(13-18)17-19-5-2-6-20-17/h2-3,5-6,8,12,15H,1,4,7,9-11,13H2,(H,23,24)/t15-,18-/m0/s1. The molecule has 7 nitrogen and oxygen atoms in total. The summed E-state index contributed by atoms with van der Waals surface area (Å²) in [6.45, 7) is 3.64. The highest BCUT2D eigenvalue weighted by atomic mass is 16.4. The zero-order valence-corrected chi connectivity index (χ0v) is 14.0. The summed E-state index contributed by atoms with van der Waals surface area (Å²) in [5, 5.41) is 10.0. The van der Waals surface area contributed by atoms with Crippen molar-refractivity contribution in [2.24, 2.45) is 11.3 Å². The molecule has 2 atom stereocenters. The van der Waals surface area contributed by atoms with Crippen molar-refractivity contribution < 1.29 is 14.3 Å². The van der Waals surface area contributed by atoms with Gasteiger partial charge in [0, 0.05) is 50.1 Å². The van der Waals surface area contributed by atoms with Crippen LogP contribution in [0.5, 0.6) is 0 Å². The normalized spacial score (nSPS) is 27.0. The molecule has 0 bridgehead atoms. The number of furan rings is 1. The lowest BCUT2D eigenvalue weighted by molar-refractivity contribution is -0.150. The summed E-state index contributed by atoms with van der Waals surface area (Å²) in [5.74, 6) is -0.0121. The Morgan fingerprint density at radius 1 is 1.36 bits per heavy atom. The largest absolute Gasteiger partial charge is 0.481 e. The molecule has 2 saturated heterocycles. The lowest BCUT2D eigenvalue weighted by Crippen LogP contribution is -2.41. The third kappa shape index (κ3) is 3.00. The summed E-state index contributed by atoms with van der Waals surface area (Å²) >= 11 is 0. The molecule has 0 saturated carbocycles. The molecule has 0 unspecified atom stereocenters. The Morgan fingerprint density at radius 2 is 2.20 bits per heavy atom. The topological polar surface area (TPSA) is 82.7 Å². The van der Waals surface area contributed by atoms with Gasteiger partial charge in [-0.1, -0.05) is 0 Å². The fourth-order valence-electron chi connectivity index (χ4n) is 4.25. The van der Waals surface area contributed by atoms with Crippen LogP contribution in [0.25, 0.3) is 0 Å². The average Bonchev–Trinajstić information content (AvgIpc) is 3.21. The molecule has 0 amide bonds. The van der Waals surface area contributed by atoms with E-state index in [2.05, 4.69) is 14.9 Å². The van der Waals surface area contributed by atoms with Crippen LogP contribution in [0.15, 0.2) is 41.5 Å². The van der Waals surface area contributed by atoms with Crippen LogP contribution in [0.4, 0.5) is 5.95 Å².